The van der Waals surface area contributed by atoms with E-state index in [1.165, 1.54) is 0 Å². The third-order valence-electron chi connectivity index (χ3n) is 3.56. The van der Waals surface area contributed by atoms with Crippen LogP contribution in [0.15, 0.2) is 30.3 Å². The average Bonchev–Trinajstić information content (AvgIpc) is 2.82. The highest BCUT2D eigenvalue weighted by atomic mass is 32.1. The Balaban J connectivity index is 1.95. The summed E-state index contributed by atoms with van der Waals surface area (Å²) in [5.41, 5.74) is 8.13. The molecule has 3 N–H and O–H groups in total. The van der Waals surface area contributed by atoms with Crippen molar-refractivity contribution in [2.75, 3.05) is 0 Å². The van der Waals surface area contributed by atoms with Gasteiger partial charge in [-0.05, 0) is 19.4 Å². The van der Waals surface area contributed by atoms with Gasteiger partial charge in [0.05, 0.1) is 23.2 Å². The molecule has 5 heteroatoms. The third-order valence-corrected chi connectivity index (χ3v) is 4.63. The van der Waals surface area contributed by atoms with Crippen LogP contribution in [0.1, 0.15) is 34.1 Å². The first-order chi connectivity index (χ1) is 9.99. The van der Waals surface area contributed by atoms with Gasteiger partial charge in [0.25, 0.3) is 0 Å². The molecule has 112 valence electrons. The van der Waals surface area contributed by atoms with Gasteiger partial charge in [0.15, 0.2) is 0 Å². The van der Waals surface area contributed by atoms with E-state index in [4.69, 9.17) is 5.73 Å². The molecular formula is C16H21N3OS. The summed E-state index contributed by atoms with van der Waals surface area (Å²) < 4.78 is 0. The minimum Gasteiger partial charge on any atom is -0.351 e. The predicted molar refractivity (Wildman–Crippen MR) is 86.0 cm³/mol. The summed E-state index contributed by atoms with van der Waals surface area (Å²) in [5.74, 6) is -0.307. The van der Waals surface area contributed by atoms with Crippen LogP contribution in [0.5, 0.6) is 0 Å². The van der Waals surface area contributed by atoms with Crippen molar-refractivity contribution in [2.24, 2.45) is 11.7 Å². The van der Waals surface area contributed by atoms with Crippen LogP contribution in [-0.4, -0.2) is 10.9 Å². The van der Waals surface area contributed by atoms with Crippen molar-refractivity contribution in [2.45, 2.75) is 33.4 Å². The smallest absolute Gasteiger partial charge is 0.225 e. The Kier molecular flexibility index (Phi) is 5.09. The topological polar surface area (TPSA) is 68.0 Å². The number of aromatic nitrogens is 1. The molecule has 2 unspecified atom stereocenters. The maximum atomic E-state index is 12.2. The lowest BCUT2D eigenvalue weighted by Gasteiger charge is -2.19. The molecular weight excluding hydrogens is 282 g/mol. The number of hydrogen-bond donors (Lipinski definition) is 2. The number of nitrogens with one attached hydrogen (secondary N) is 1. The van der Waals surface area contributed by atoms with E-state index in [0.717, 1.165) is 21.1 Å². The van der Waals surface area contributed by atoms with Gasteiger partial charge in [0.1, 0.15) is 0 Å². The first kappa shape index (κ1) is 15.7. The maximum absolute atomic E-state index is 12.2. The number of nitrogens with two attached hydrogens (primary N) is 1. The minimum atomic E-state index is -0.296. The number of amides is 1. The second-order valence-corrected chi connectivity index (χ2v) is 6.47. The molecule has 1 amide bonds. The average molecular weight is 303 g/mol. The summed E-state index contributed by atoms with van der Waals surface area (Å²) in [5, 5.41) is 3.97. The quantitative estimate of drug-likeness (QED) is 0.892. The second-order valence-electron chi connectivity index (χ2n) is 5.18. The molecule has 0 radical (unpaired) electrons. The van der Waals surface area contributed by atoms with Gasteiger partial charge in [0.2, 0.25) is 5.91 Å². The van der Waals surface area contributed by atoms with Crippen LogP contribution in [0.3, 0.4) is 0 Å². The van der Waals surface area contributed by atoms with E-state index in [0.29, 0.717) is 6.54 Å². The lowest BCUT2D eigenvalue weighted by molar-refractivity contribution is -0.125. The molecule has 21 heavy (non-hydrogen) atoms. The Bertz CT molecular complexity index is 609. The van der Waals surface area contributed by atoms with Gasteiger partial charge in [-0.25, -0.2) is 4.98 Å². The van der Waals surface area contributed by atoms with Crippen molar-refractivity contribution in [1.82, 2.24) is 10.3 Å². The molecule has 0 fully saturated rings. The van der Waals surface area contributed by atoms with Crippen molar-refractivity contribution in [1.29, 1.82) is 0 Å². The van der Waals surface area contributed by atoms with Gasteiger partial charge in [-0.1, -0.05) is 37.3 Å². The number of nitrogens with zero attached hydrogens (tertiary/aromatic N) is 1. The van der Waals surface area contributed by atoms with Crippen LogP contribution in [-0.2, 0) is 11.3 Å². The summed E-state index contributed by atoms with van der Waals surface area (Å²) >= 11 is 1.62. The van der Waals surface area contributed by atoms with Gasteiger partial charge >= 0.3 is 0 Å². The van der Waals surface area contributed by atoms with E-state index in [2.05, 4.69) is 10.3 Å². The number of aryl methyl sites for hydroxylation is 2. The highest BCUT2D eigenvalue weighted by Gasteiger charge is 2.22. The zero-order chi connectivity index (χ0) is 15.4. The van der Waals surface area contributed by atoms with Crippen LogP contribution < -0.4 is 11.1 Å². The van der Waals surface area contributed by atoms with Gasteiger partial charge < -0.3 is 11.1 Å². The fourth-order valence-corrected chi connectivity index (χ4v) is 3.07. The van der Waals surface area contributed by atoms with Crippen molar-refractivity contribution in [3.05, 3.63) is 51.5 Å². The fraction of sp³-hybridized carbons (Fsp3) is 0.375. The first-order valence-corrected chi connectivity index (χ1v) is 7.82. The molecule has 0 bridgehead atoms. The summed E-state index contributed by atoms with van der Waals surface area (Å²) in [6, 6.07) is 9.41. The highest BCUT2D eigenvalue weighted by Crippen LogP contribution is 2.20. The molecule has 4 nitrogen and oxygen atoms in total. The fourth-order valence-electron chi connectivity index (χ4n) is 2.19. The van der Waals surface area contributed by atoms with Crippen molar-refractivity contribution in [3.63, 3.8) is 0 Å². The first-order valence-electron chi connectivity index (χ1n) is 7.00. The Morgan fingerprint density at radius 2 is 2.00 bits per heavy atom. The maximum Gasteiger partial charge on any atom is 0.225 e. The standard InChI is InChI=1S/C16H21N3OS/c1-10(15(17)13-7-5-4-6-8-13)16(20)18-9-14-11(2)19-12(3)21-14/h4-8,10,15H,9,17H2,1-3H3,(H,18,20). The monoisotopic (exact) mass is 303 g/mol. The summed E-state index contributed by atoms with van der Waals surface area (Å²) in [6.45, 7) is 6.31. The molecule has 0 saturated carbocycles. The predicted octanol–water partition coefficient (Wildman–Crippen LogP) is 2.71. The van der Waals surface area contributed by atoms with E-state index in [1.807, 2.05) is 51.1 Å². The normalized spacial score (nSPS) is 13.7. The van der Waals surface area contributed by atoms with Crippen LogP contribution in [0.2, 0.25) is 0 Å². The molecule has 0 aliphatic rings. The number of rotatable bonds is 5. The number of benzene rings is 1. The lowest BCUT2D eigenvalue weighted by atomic mass is 9.95. The third kappa shape index (κ3) is 3.89. The van der Waals surface area contributed by atoms with E-state index in [9.17, 15) is 4.79 Å². The molecule has 2 rings (SSSR count). The Hall–Kier alpha value is -1.72. The number of carbonyl (C=O) groups is 1. The highest BCUT2D eigenvalue weighted by molar-refractivity contribution is 7.11. The molecule has 1 heterocycles. The molecule has 0 saturated heterocycles. The van der Waals surface area contributed by atoms with Crippen molar-refractivity contribution < 1.29 is 4.79 Å². The summed E-state index contributed by atoms with van der Waals surface area (Å²) in [7, 11) is 0. The molecule has 1 aromatic carbocycles. The van der Waals surface area contributed by atoms with E-state index < -0.39 is 0 Å². The van der Waals surface area contributed by atoms with Crippen LogP contribution in [0, 0.1) is 19.8 Å². The number of carbonyl (C=O) groups excluding carboxylic acids is 1. The summed E-state index contributed by atoms with van der Waals surface area (Å²) in [6.07, 6.45) is 0. The number of hydrogen-bond acceptors (Lipinski definition) is 4. The molecule has 1 aromatic heterocycles. The molecule has 2 atom stereocenters. The SMILES string of the molecule is Cc1nc(C)c(CNC(=O)C(C)C(N)c2ccccc2)s1. The molecule has 0 aliphatic carbocycles. The minimum absolute atomic E-state index is 0.0307. The van der Waals surface area contributed by atoms with E-state index in [-0.39, 0.29) is 17.9 Å². The van der Waals surface area contributed by atoms with E-state index >= 15 is 0 Å². The van der Waals surface area contributed by atoms with Crippen LogP contribution in [0.25, 0.3) is 0 Å². The number of thiazole rings is 1. The lowest BCUT2D eigenvalue weighted by Crippen LogP contribution is -2.35. The Morgan fingerprint density at radius 3 is 2.57 bits per heavy atom. The van der Waals surface area contributed by atoms with Gasteiger partial charge in [-0.2, -0.15) is 0 Å². The molecule has 0 spiro atoms. The van der Waals surface area contributed by atoms with Crippen LogP contribution in [0.4, 0.5) is 0 Å². The molecule has 0 aliphatic heterocycles. The zero-order valence-electron chi connectivity index (χ0n) is 12.6. The van der Waals surface area contributed by atoms with Gasteiger partial charge in [-0.3, -0.25) is 4.79 Å². The van der Waals surface area contributed by atoms with Crippen LogP contribution >= 0.6 is 11.3 Å². The van der Waals surface area contributed by atoms with Gasteiger partial charge in [0, 0.05) is 10.9 Å². The Morgan fingerprint density at radius 1 is 1.33 bits per heavy atom. The second kappa shape index (κ2) is 6.83. The molecule has 2 aromatic rings. The zero-order valence-corrected chi connectivity index (χ0v) is 13.4. The van der Waals surface area contributed by atoms with Crippen molar-refractivity contribution in [3.8, 4) is 0 Å². The van der Waals surface area contributed by atoms with E-state index in [1.54, 1.807) is 11.3 Å². The summed E-state index contributed by atoms with van der Waals surface area (Å²) in [4.78, 5) is 17.7. The van der Waals surface area contributed by atoms with Crippen molar-refractivity contribution >= 4 is 17.2 Å². The Labute approximate surface area is 129 Å². The largest absolute Gasteiger partial charge is 0.351 e. The van der Waals surface area contributed by atoms with Gasteiger partial charge in [-0.15, -0.1) is 11.3 Å².